The van der Waals surface area contributed by atoms with Crippen LogP contribution in [0, 0.1) is 6.92 Å². The van der Waals surface area contributed by atoms with Crippen LogP contribution in [-0.2, 0) is 16.2 Å². The molecule has 0 aliphatic heterocycles. The first-order chi connectivity index (χ1) is 9.55. The van der Waals surface area contributed by atoms with Gasteiger partial charge in [-0.05, 0) is 44.4 Å². The molecule has 0 aliphatic rings. The number of nitrogens with one attached hydrogen (secondary N) is 1. The molecule has 0 fully saturated rings. The summed E-state index contributed by atoms with van der Waals surface area (Å²) in [6, 6.07) is 3.06. The third-order valence-electron chi connectivity index (χ3n) is 2.97. The standard InChI is InChI=1S/C13H18F3NO3S/c1-9(18)5-4-8-17-21(19,20)12-7-3-6-11(10(12)2)13(14,15)16/h3,6-7,9,17-18H,4-5,8H2,1-2H3. The molecule has 1 rings (SSSR count). The number of rotatable bonds is 6. The van der Waals surface area contributed by atoms with Crippen molar-refractivity contribution in [3.05, 3.63) is 29.3 Å². The number of halogens is 3. The SMILES string of the molecule is Cc1c(C(F)(F)F)cccc1S(=O)(=O)NCCCC(C)O. The molecule has 8 heteroatoms. The Bertz CT molecular complexity index is 583. The summed E-state index contributed by atoms with van der Waals surface area (Å²) >= 11 is 0. The Labute approximate surface area is 122 Å². The van der Waals surface area contributed by atoms with Crippen LogP contribution in [0.15, 0.2) is 23.1 Å². The zero-order chi connectivity index (χ0) is 16.3. The predicted molar refractivity (Wildman–Crippen MR) is 72.3 cm³/mol. The Balaban J connectivity index is 2.94. The van der Waals surface area contributed by atoms with Gasteiger partial charge < -0.3 is 5.11 Å². The predicted octanol–water partition coefficient (Wildman–Crippen LogP) is 2.45. The highest BCUT2D eigenvalue weighted by molar-refractivity contribution is 7.89. The molecule has 0 aromatic heterocycles. The quantitative estimate of drug-likeness (QED) is 0.790. The Morgan fingerprint density at radius 2 is 1.95 bits per heavy atom. The highest BCUT2D eigenvalue weighted by Gasteiger charge is 2.34. The first-order valence-corrected chi connectivity index (χ1v) is 7.88. The second-order valence-corrected chi connectivity index (χ2v) is 6.55. The van der Waals surface area contributed by atoms with Gasteiger partial charge in [0.1, 0.15) is 0 Å². The molecule has 0 amide bonds. The van der Waals surface area contributed by atoms with Crippen LogP contribution in [0.5, 0.6) is 0 Å². The Morgan fingerprint density at radius 1 is 1.33 bits per heavy atom. The van der Waals surface area contributed by atoms with Crippen molar-refractivity contribution in [2.45, 2.75) is 43.9 Å². The van der Waals surface area contributed by atoms with Gasteiger partial charge in [0.25, 0.3) is 0 Å². The first kappa shape index (κ1) is 17.9. The minimum atomic E-state index is -4.60. The van der Waals surface area contributed by atoms with Gasteiger partial charge in [-0.1, -0.05) is 6.07 Å². The fourth-order valence-corrected chi connectivity index (χ4v) is 3.23. The van der Waals surface area contributed by atoms with Gasteiger partial charge >= 0.3 is 6.18 Å². The van der Waals surface area contributed by atoms with Crippen LogP contribution in [0.4, 0.5) is 13.2 Å². The van der Waals surface area contributed by atoms with Crippen LogP contribution in [0.2, 0.25) is 0 Å². The van der Waals surface area contributed by atoms with Crippen molar-refractivity contribution in [3.63, 3.8) is 0 Å². The molecule has 4 nitrogen and oxygen atoms in total. The number of hydrogen-bond donors (Lipinski definition) is 2. The average molecular weight is 325 g/mol. The van der Waals surface area contributed by atoms with Gasteiger partial charge in [0.2, 0.25) is 10.0 Å². The van der Waals surface area contributed by atoms with Gasteiger partial charge in [-0.2, -0.15) is 13.2 Å². The lowest BCUT2D eigenvalue weighted by atomic mass is 10.1. The second-order valence-electron chi connectivity index (χ2n) is 4.82. The van der Waals surface area contributed by atoms with E-state index in [0.29, 0.717) is 12.8 Å². The molecular formula is C13H18F3NO3S. The normalized spacial score (nSPS) is 14.2. The Kier molecular flexibility index (Phi) is 5.77. The van der Waals surface area contributed by atoms with E-state index in [-0.39, 0.29) is 17.0 Å². The topological polar surface area (TPSA) is 66.4 Å². The minimum Gasteiger partial charge on any atom is -0.393 e. The van der Waals surface area contributed by atoms with Crippen molar-refractivity contribution in [2.75, 3.05) is 6.54 Å². The number of aliphatic hydroxyl groups is 1. The number of sulfonamides is 1. The molecular weight excluding hydrogens is 307 g/mol. The van der Waals surface area contributed by atoms with Crippen molar-refractivity contribution in [2.24, 2.45) is 0 Å². The maximum absolute atomic E-state index is 12.8. The Morgan fingerprint density at radius 3 is 2.48 bits per heavy atom. The summed E-state index contributed by atoms with van der Waals surface area (Å²) in [7, 11) is -4.00. The van der Waals surface area contributed by atoms with Crippen LogP contribution in [-0.4, -0.2) is 26.2 Å². The van der Waals surface area contributed by atoms with Gasteiger partial charge in [-0.15, -0.1) is 0 Å². The second kappa shape index (κ2) is 6.76. The van der Waals surface area contributed by atoms with Crippen LogP contribution in [0.1, 0.15) is 30.9 Å². The summed E-state index contributed by atoms with van der Waals surface area (Å²) in [4.78, 5) is -0.380. The molecule has 21 heavy (non-hydrogen) atoms. The van der Waals surface area contributed by atoms with Crippen molar-refractivity contribution >= 4 is 10.0 Å². The molecule has 1 aromatic carbocycles. The smallest absolute Gasteiger partial charge is 0.393 e. The van der Waals surface area contributed by atoms with E-state index in [0.717, 1.165) is 25.1 Å². The number of aliphatic hydroxyl groups excluding tert-OH is 1. The molecule has 0 saturated carbocycles. The zero-order valence-electron chi connectivity index (χ0n) is 11.7. The lowest BCUT2D eigenvalue weighted by Gasteiger charge is -2.14. The average Bonchev–Trinajstić information content (AvgIpc) is 2.33. The molecule has 0 saturated heterocycles. The largest absolute Gasteiger partial charge is 0.416 e. The lowest BCUT2D eigenvalue weighted by Crippen LogP contribution is -2.26. The fraction of sp³-hybridized carbons (Fsp3) is 0.538. The zero-order valence-corrected chi connectivity index (χ0v) is 12.6. The maximum atomic E-state index is 12.8. The number of benzene rings is 1. The van der Waals surface area contributed by atoms with Crippen LogP contribution in [0.25, 0.3) is 0 Å². The monoisotopic (exact) mass is 325 g/mol. The number of hydrogen-bond acceptors (Lipinski definition) is 3. The van der Waals surface area contributed by atoms with E-state index in [1.165, 1.54) is 0 Å². The van der Waals surface area contributed by atoms with Gasteiger partial charge in [0.05, 0.1) is 16.6 Å². The number of alkyl halides is 3. The van der Waals surface area contributed by atoms with Crippen molar-refractivity contribution in [1.29, 1.82) is 0 Å². The van der Waals surface area contributed by atoms with Gasteiger partial charge in [0, 0.05) is 6.54 Å². The van der Waals surface area contributed by atoms with E-state index in [1.807, 2.05) is 0 Å². The maximum Gasteiger partial charge on any atom is 0.416 e. The molecule has 0 bridgehead atoms. The molecule has 0 spiro atoms. The molecule has 120 valence electrons. The molecule has 0 radical (unpaired) electrons. The summed E-state index contributed by atoms with van der Waals surface area (Å²) in [5.41, 5.74) is -1.29. The first-order valence-electron chi connectivity index (χ1n) is 6.40. The molecule has 2 N–H and O–H groups in total. The summed E-state index contributed by atoms with van der Waals surface area (Å²) in [5, 5.41) is 9.07. The highest BCUT2D eigenvalue weighted by Crippen LogP contribution is 2.34. The van der Waals surface area contributed by atoms with Crippen LogP contribution >= 0.6 is 0 Å². The minimum absolute atomic E-state index is 0.0585. The fourth-order valence-electron chi connectivity index (χ4n) is 1.89. The summed E-state index contributed by atoms with van der Waals surface area (Å²) in [5.74, 6) is 0. The van der Waals surface area contributed by atoms with Crippen molar-refractivity contribution in [1.82, 2.24) is 4.72 Å². The van der Waals surface area contributed by atoms with E-state index >= 15 is 0 Å². The van der Waals surface area contributed by atoms with E-state index in [2.05, 4.69) is 4.72 Å². The third-order valence-corrected chi connectivity index (χ3v) is 4.58. The molecule has 1 atom stereocenters. The van der Waals surface area contributed by atoms with E-state index < -0.39 is 27.9 Å². The van der Waals surface area contributed by atoms with Crippen LogP contribution in [0.3, 0.4) is 0 Å². The van der Waals surface area contributed by atoms with Gasteiger partial charge in [-0.3, -0.25) is 0 Å². The van der Waals surface area contributed by atoms with E-state index in [4.69, 9.17) is 5.11 Å². The highest BCUT2D eigenvalue weighted by atomic mass is 32.2. The summed E-state index contributed by atoms with van der Waals surface area (Å²) < 4.78 is 64.6. The summed E-state index contributed by atoms with van der Waals surface area (Å²) in [6.07, 6.45) is -4.34. The third kappa shape index (κ3) is 4.98. The molecule has 1 unspecified atom stereocenters. The van der Waals surface area contributed by atoms with Crippen molar-refractivity contribution in [3.8, 4) is 0 Å². The van der Waals surface area contributed by atoms with E-state index in [9.17, 15) is 21.6 Å². The molecule has 1 aromatic rings. The molecule has 0 heterocycles. The van der Waals surface area contributed by atoms with Crippen molar-refractivity contribution < 1.29 is 26.7 Å². The lowest BCUT2D eigenvalue weighted by molar-refractivity contribution is -0.138. The van der Waals surface area contributed by atoms with Crippen LogP contribution < -0.4 is 4.72 Å². The van der Waals surface area contributed by atoms with Gasteiger partial charge in [-0.25, -0.2) is 13.1 Å². The van der Waals surface area contributed by atoms with E-state index in [1.54, 1.807) is 6.92 Å². The van der Waals surface area contributed by atoms with Gasteiger partial charge in [0.15, 0.2) is 0 Å². The molecule has 0 aliphatic carbocycles. The summed E-state index contributed by atoms with van der Waals surface area (Å²) in [6.45, 7) is 2.77. The Hall–Kier alpha value is -1.12.